The molecular weight excluding hydrogens is 258 g/mol. The maximum absolute atomic E-state index is 12.6. The minimum absolute atomic E-state index is 0.231. The van der Waals surface area contributed by atoms with Gasteiger partial charge in [-0.15, -0.1) is 0 Å². The Morgan fingerprint density at radius 2 is 1.95 bits per heavy atom. The Bertz CT molecular complexity index is 561. The second kappa shape index (κ2) is 4.59. The lowest BCUT2D eigenvalue weighted by Crippen LogP contribution is -2.48. The molecule has 0 saturated heterocycles. The van der Waals surface area contributed by atoms with Crippen molar-refractivity contribution >= 4 is 17.6 Å². The van der Waals surface area contributed by atoms with Gasteiger partial charge < -0.3 is 4.74 Å². The number of benzene rings is 1. The molecule has 1 aliphatic rings. The van der Waals surface area contributed by atoms with Crippen LogP contribution in [0.4, 0.5) is 5.69 Å². The van der Waals surface area contributed by atoms with Crippen molar-refractivity contribution in [1.82, 2.24) is 0 Å². The topological polar surface area (TPSA) is 66.8 Å². The molecule has 1 unspecified atom stereocenters. The van der Waals surface area contributed by atoms with Crippen LogP contribution >= 0.6 is 0 Å². The first-order valence-electron chi connectivity index (χ1n) is 6.60. The first-order valence-corrected chi connectivity index (χ1v) is 6.60. The molecule has 0 bridgehead atoms. The Morgan fingerprint density at radius 1 is 1.35 bits per heavy atom. The maximum atomic E-state index is 12.6. The van der Waals surface area contributed by atoms with Crippen molar-refractivity contribution in [3.05, 3.63) is 29.8 Å². The standard InChI is InChI=1S/C15H19NO4/c1-5-15(13(18)20-14(2,3)4)10-8-6-7-9-11(10)16(19)12(15)17/h6-9,19H,5H2,1-4H3. The zero-order valence-electron chi connectivity index (χ0n) is 12.1. The van der Waals surface area contributed by atoms with Gasteiger partial charge in [0.05, 0.1) is 5.69 Å². The van der Waals surface area contributed by atoms with Gasteiger partial charge in [0, 0.05) is 5.56 Å². The van der Waals surface area contributed by atoms with Crippen LogP contribution < -0.4 is 5.06 Å². The van der Waals surface area contributed by atoms with Gasteiger partial charge in [0.2, 0.25) is 0 Å². The van der Waals surface area contributed by atoms with E-state index in [-0.39, 0.29) is 6.42 Å². The third-order valence-electron chi connectivity index (χ3n) is 3.43. The molecule has 5 nitrogen and oxygen atoms in total. The van der Waals surface area contributed by atoms with Crippen LogP contribution in [0.1, 0.15) is 39.7 Å². The number of ether oxygens (including phenoxy) is 1. The van der Waals surface area contributed by atoms with Crippen molar-refractivity contribution < 1.29 is 19.5 Å². The van der Waals surface area contributed by atoms with E-state index in [9.17, 15) is 14.8 Å². The first-order chi connectivity index (χ1) is 9.24. The van der Waals surface area contributed by atoms with E-state index in [0.29, 0.717) is 16.3 Å². The molecular formula is C15H19NO4. The fourth-order valence-electron chi connectivity index (χ4n) is 2.47. The second-order valence-corrected chi connectivity index (χ2v) is 5.89. The number of anilines is 1. The fourth-order valence-corrected chi connectivity index (χ4v) is 2.47. The molecule has 0 radical (unpaired) electrons. The summed E-state index contributed by atoms with van der Waals surface area (Å²) in [5, 5.41) is 10.5. The minimum Gasteiger partial charge on any atom is -0.459 e. The van der Waals surface area contributed by atoms with Crippen LogP contribution in [0.15, 0.2) is 24.3 Å². The van der Waals surface area contributed by atoms with Crippen LogP contribution in [-0.4, -0.2) is 22.7 Å². The molecule has 2 rings (SSSR count). The first kappa shape index (κ1) is 14.5. The van der Waals surface area contributed by atoms with Gasteiger partial charge in [-0.25, -0.2) is 0 Å². The summed E-state index contributed by atoms with van der Waals surface area (Å²) < 4.78 is 5.39. The van der Waals surface area contributed by atoms with Crippen LogP contribution in [0.25, 0.3) is 0 Å². The lowest BCUT2D eigenvalue weighted by Gasteiger charge is -2.29. The molecule has 1 aromatic carbocycles. The number of hydroxylamine groups is 1. The molecule has 1 amide bonds. The van der Waals surface area contributed by atoms with Crippen LogP contribution in [0.5, 0.6) is 0 Å². The van der Waals surface area contributed by atoms with Crippen LogP contribution in [0.3, 0.4) is 0 Å². The third-order valence-corrected chi connectivity index (χ3v) is 3.43. The predicted octanol–water partition coefficient (Wildman–Crippen LogP) is 2.41. The molecule has 0 aliphatic carbocycles. The van der Waals surface area contributed by atoms with Gasteiger partial charge >= 0.3 is 5.97 Å². The number of para-hydroxylation sites is 1. The largest absolute Gasteiger partial charge is 0.459 e. The molecule has 0 spiro atoms. The molecule has 1 aromatic rings. The number of esters is 1. The van der Waals surface area contributed by atoms with Crippen molar-refractivity contribution in [3.63, 3.8) is 0 Å². The maximum Gasteiger partial charge on any atom is 0.326 e. The van der Waals surface area contributed by atoms with Crippen molar-refractivity contribution in [2.24, 2.45) is 0 Å². The van der Waals surface area contributed by atoms with Gasteiger partial charge in [-0.2, -0.15) is 5.06 Å². The minimum atomic E-state index is -1.46. The van der Waals surface area contributed by atoms with Gasteiger partial charge in [-0.05, 0) is 33.3 Å². The van der Waals surface area contributed by atoms with E-state index >= 15 is 0 Å². The highest BCUT2D eigenvalue weighted by atomic mass is 16.6. The highest BCUT2D eigenvalue weighted by Crippen LogP contribution is 2.44. The second-order valence-electron chi connectivity index (χ2n) is 5.89. The Hall–Kier alpha value is -1.88. The molecule has 0 aromatic heterocycles. The number of carbonyl (C=O) groups excluding carboxylic acids is 2. The van der Waals surface area contributed by atoms with Crippen molar-refractivity contribution in [1.29, 1.82) is 0 Å². The number of hydrogen-bond donors (Lipinski definition) is 1. The number of amides is 1. The predicted molar refractivity (Wildman–Crippen MR) is 73.5 cm³/mol. The molecule has 0 saturated carbocycles. The van der Waals surface area contributed by atoms with Crippen LogP contribution in [0.2, 0.25) is 0 Å². The molecule has 0 fully saturated rings. The zero-order valence-corrected chi connectivity index (χ0v) is 12.1. The number of carbonyl (C=O) groups is 2. The van der Waals surface area contributed by atoms with Crippen LogP contribution in [-0.2, 0) is 19.7 Å². The van der Waals surface area contributed by atoms with Gasteiger partial charge in [0.1, 0.15) is 5.60 Å². The Kier molecular flexibility index (Phi) is 3.34. The lowest BCUT2D eigenvalue weighted by molar-refractivity contribution is -0.165. The molecule has 108 valence electrons. The Morgan fingerprint density at radius 3 is 2.50 bits per heavy atom. The molecule has 1 atom stereocenters. The van der Waals surface area contributed by atoms with Gasteiger partial charge in [-0.3, -0.25) is 14.8 Å². The number of fused-ring (bicyclic) bond motifs is 1. The number of rotatable bonds is 2. The van der Waals surface area contributed by atoms with Gasteiger partial charge in [-0.1, -0.05) is 25.1 Å². The van der Waals surface area contributed by atoms with Crippen molar-refractivity contribution in [2.45, 2.75) is 45.1 Å². The summed E-state index contributed by atoms with van der Waals surface area (Å²) in [4.78, 5) is 25.0. The Labute approximate surface area is 118 Å². The summed E-state index contributed by atoms with van der Waals surface area (Å²) >= 11 is 0. The summed E-state index contributed by atoms with van der Waals surface area (Å²) in [6.07, 6.45) is 0.231. The fraction of sp³-hybridized carbons (Fsp3) is 0.467. The van der Waals surface area contributed by atoms with E-state index in [4.69, 9.17) is 4.74 Å². The average molecular weight is 277 g/mol. The van der Waals surface area contributed by atoms with E-state index in [1.54, 1.807) is 52.0 Å². The molecule has 20 heavy (non-hydrogen) atoms. The molecule has 1 aliphatic heterocycles. The molecule has 1 heterocycles. The summed E-state index contributed by atoms with van der Waals surface area (Å²) in [6.45, 7) is 6.97. The number of nitrogens with zero attached hydrogens (tertiary/aromatic N) is 1. The third kappa shape index (κ3) is 1.98. The van der Waals surface area contributed by atoms with E-state index in [2.05, 4.69) is 0 Å². The highest BCUT2D eigenvalue weighted by molar-refractivity contribution is 6.19. The van der Waals surface area contributed by atoms with E-state index in [1.807, 2.05) is 0 Å². The van der Waals surface area contributed by atoms with Crippen molar-refractivity contribution in [3.8, 4) is 0 Å². The zero-order chi connectivity index (χ0) is 15.1. The van der Waals surface area contributed by atoms with Crippen LogP contribution in [0, 0.1) is 0 Å². The quantitative estimate of drug-likeness (QED) is 0.512. The van der Waals surface area contributed by atoms with Gasteiger partial charge in [0.25, 0.3) is 5.91 Å². The SMILES string of the molecule is CCC1(C(=O)OC(C)(C)C)C(=O)N(O)c2ccccc21. The summed E-state index contributed by atoms with van der Waals surface area (Å²) in [5.74, 6) is -1.28. The normalized spacial score (nSPS) is 21.9. The smallest absolute Gasteiger partial charge is 0.326 e. The highest BCUT2D eigenvalue weighted by Gasteiger charge is 2.57. The van der Waals surface area contributed by atoms with Gasteiger partial charge in [0.15, 0.2) is 5.41 Å². The van der Waals surface area contributed by atoms with E-state index in [1.165, 1.54) is 0 Å². The van der Waals surface area contributed by atoms with Crippen molar-refractivity contribution in [2.75, 3.05) is 5.06 Å². The average Bonchev–Trinajstić information content (AvgIpc) is 2.58. The summed E-state index contributed by atoms with van der Waals surface area (Å²) in [7, 11) is 0. The monoisotopic (exact) mass is 277 g/mol. The Balaban J connectivity index is 2.56. The molecule has 1 N–H and O–H groups in total. The number of hydrogen-bond acceptors (Lipinski definition) is 4. The van der Waals surface area contributed by atoms with E-state index in [0.717, 1.165) is 0 Å². The molecule has 5 heteroatoms. The van der Waals surface area contributed by atoms with E-state index < -0.39 is 22.9 Å². The summed E-state index contributed by atoms with van der Waals surface area (Å²) in [5.41, 5.74) is -1.33. The lowest BCUT2D eigenvalue weighted by atomic mass is 9.79. The summed E-state index contributed by atoms with van der Waals surface area (Å²) in [6, 6.07) is 6.72.